The molecule has 1 fully saturated rings. The summed E-state index contributed by atoms with van der Waals surface area (Å²) in [7, 11) is 1.74. The van der Waals surface area contributed by atoms with E-state index in [0.29, 0.717) is 17.9 Å². The van der Waals surface area contributed by atoms with Gasteiger partial charge in [0.25, 0.3) is 5.56 Å². The van der Waals surface area contributed by atoms with Crippen LogP contribution in [0.5, 0.6) is 11.5 Å². The third-order valence-electron chi connectivity index (χ3n) is 7.38. The number of fused-ring (bicyclic) bond motifs is 2. The normalized spacial score (nSPS) is 22.4. The number of hydrogen-bond acceptors (Lipinski definition) is 7. The summed E-state index contributed by atoms with van der Waals surface area (Å²) in [6, 6.07) is 12.4. The quantitative estimate of drug-likeness (QED) is 0.554. The van der Waals surface area contributed by atoms with E-state index >= 15 is 0 Å². The molecule has 2 aliphatic rings. The summed E-state index contributed by atoms with van der Waals surface area (Å²) >= 11 is 0. The number of hydrogen-bond donors (Lipinski definition) is 0. The van der Waals surface area contributed by atoms with Crippen molar-refractivity contribution >= 4 is 11.5 Å². The summed E-state index contributed by atoms with van der Waals surface area (Å²) in [6.07, 6.45) is 0.208. The predicted molar refractivity (Wildman–Crippen MR) is 138 cm³/mol. The lowest BCUT2D eigenvalue weighted by Crippen LogP contribution is -2.57. The highest BCUT2D eigenvalue weighted by atomic mass is 16.6. The molecular formula is C27H34N6O3. The van der Waals surface area contributed by atoms with Gasteiger partial charge >= 0.3 is 0 Å². The molecule has 5 rings (SSSR count). The molecule has 0 amide bonds. The van der Waals surface area contributed by atoms with Gasteiger partial charge < -0.3 is 14.4 Å². The lowest BCUT2D eigenvalue weighted by atomic mass is 10.00. The van der Waals surface area contributed by atoms with Crippen LogP contribution in [0.4, 0.5) is 5.82 Å². The van der Waals surface area contributed by atoms with Gasteiger partial charge in [0, 0.05) is 50.4 Å². The zero-order chi connectivity index (χ0) is 25.8. The van der Waals surface area contributed by atoms with Gasteiger partial charge in [-0.15, -0.1) is 0 Å². The Morgan fingerprint density at radius 2 is 1.94 bits per heavy atom. The molecule has 3 aromatic rings. The molecule has 0 N–H and O–H groups in total. The van der Waals surface area contributed by atoms with Gasteiger partial charge in [0.15, 0.2) is 11.5 Å². The molecule has 0 radical (unpaired) electrons. The molecule has 0 aliphatic carbocycles. The Morgan fingerprint density at radius 1 is 1.17 bits per heavy atom. The number of nitrogens with zero attached hydrogens (tertiary/aromatic N) is 6. The average Bonchev–Trinajstić information content (AvgIpc) is 3.25. The minimum absolute atomic E-state index is 0.0873. The molecule has 0 spiro atoms. The Bertz CT molecular complexity index is 1400. The summed E-state index contributed by atoms with van der Waals surface area (Å²) in [5.41, 5.74) is 2.11. The second-order valence-corrected chi connectivity index (χ2v) is 10.7. The molecule has 2 aliphatic heterocycles. The summed E-state index contributed by atoms with van der Waals surface area (Å²) < 4.78 is 15.5. The third kappa shape index (κ3) is 4.20. The maximum atomic E-state index is 12.8. The van der Waals surface area contributed by atoms with E-state index in [2.05, 4.69) is 53.9 Å². The van der Waals surface area contributed by atoms with Crippen LogP contribution in [-0.2, 0) is 13.5 Å². The van der Waals surface area contributed by atoms with Crippen molar-refractivity contribution < 1.29 is 9.47 Å². The van der Waals surface area contributed by atoms with E-state index in [0.717, 1.165) is 30.4 Å². The second kappa shape index (κ2) is 8.86. The van der Waals surface area contributed by atoms with Gasteiger partial charge in [-0.05, 0) is 52.3 Å². The van der Waals surface area contributed by atoms with Crippen molar-refractivity contribution in [1.29, 1.82) is 5.26 Å². The van der Waals surface area contributed by atoms with E-state index in [4.69, 9.17) is 14.7 Å². The first-order chi connectivity index (χ1) is 17.1. The van der Waals surface area contributed by atoms with Crippen molar-refractivity contribution in [2.24, 2.45) is 7.05 Å². The van der Waals surface area contributed by atoms with E-state index < -0.39 is 0 Å². The predicted octanol–water partition coefficient (Wildman–Crippen LogP) is 3.31. The molecule has 0 bridgehead atoms. The number of anilines is 1. The minimum atomic E-state index is -0.347. The maximum Gasteiger partial charge on any atom is 0.255 e. The molecule has 1 aromatic carbocycles. The molecule has 9 heteroatoms. The molecule has 1 saturated heterocycles. The Hall–Kier alpha value is -3.51. The molecule has 0 unspecified atom stereocenters. The summed E-state index contributed by atoms with van der Waals surface area (Å²) in [5.74, 6) is 2.36. The molecule has 190 valence electrons. The topological polar surface area (TPSA) is 88.0 Å². The van der Waals surface area contributed by atoms with Crippen molar-refractivity contribution in [3.63, 3.8) is 0 Å². The van der Waals surface area contributed by atoms with Gasteiger partial charge in [0.05, 0.1) is 18.2 Å². The van der Waals surface area contributed by atoms with Crippen molar-refractivity contribution in [3.8, 4) is 17.6 Å². The molecule has 3 atom stereocenters. The van der Waals surface area contributed by atoms with Crippen LogP contribution in [-0.4, -0.2) is 56.5 Å². The van der Waals surface area contributed by atoms with Gasteiger partial charge in [-0.3, -0.25) is 14.3 Å². The fraction of sp³-hybridized carbons (Fsp3) is 0.519. The second-order valence-electron chi connectivity index (χ2n) is 10.7. The van der Waals surface area contributed by atoms with Crippen LogP contribution < -0.4 is 19.9 Å². The van der Waals surface area contributed by atoms with Gasteiger partial charge in [0.2, 0.25) is 0 Å². The third-order valence-corrected chi connectivity index (χ3v) is 7.38. The number of aromatic nitrogens is 3. The Kier molecular flexibility index (Phi) is 5.95. The lowest BCUT2D eigenvalue weighted by molar-refractivity contribution is 0.0209. The molecule has 2 aromatic heterocycles. The summed E-state index contributed by atoms with van der Waals surface area (Å²) in [4.78, 5) is 17.5. The van der Waals surface area contributed by atoms with E-state index in [1.54, 1.807) is 22.2 Å². The van der Waals surface area contributed by atoms with Crippen molar-refractivity contribution in [2.75, 3.05) is 24.6 Å². The standard InChI is InChI=1S/C27H34N6O3/c1-17-15-32(25-13-26(34)30(6)24-12-21(9-10-28)29-33(24)25)18(2)14-31(17)19(3)20-7-8-22-23(11-20)36-27(4,5)16-35-22/h7-8,11-13,17-19H,9,14-16H2,1-6H3/t17-,18+,19+/m1/s1. The first kappa shape index (κ1) is 24.2. The summed E-state index contributed by atoms with van der Waals surface area (Å²) in [5, 5.41) is 13.8. The number of piperazine rings is 1. The van der Waals surface area contributed by atoms with E-state index in [-0.39, 0.29) is 35.7 Å². The Balaban J connectivity index is 1.42. The van der Waals surface area contributed by atoms with Crippen molar-refractivity contribution in [1.82, 2.24) is 19.1 Å². The monoisotopic (exact) mass is 490 g/mol. The Labute approximate surface area is 211 Å². The van der Waals surface area contributed by atoms with E-state index in [1.165, 1.54) is 5.56 Å². The Morgan fingerprint density at radius 3 is 2.69 bits per heavy atom. The fourth-order valence-corrected chi connectivity index (χ4v) is 5.35. The molecule has 36 heavy (non-hydrogen) atoms. The van der Waals surface area contributed by atoms with E-state index in [9.17, 15) is 4.79 Å². The highest BCUT2D eigenvalue weighted by molar-refractivity contribution is 5.52. The van der Waals surface area contributed by atoms with Crippen LogP contribution in [0, 0.1) is 11.3 Å². The maximum absolute atomic E-state index is 12.8. The number of aryl methyl sites for hydroxylation is 1. The number of benzene rings is 1. The smallest absolute Gasteiger partial charge is 0.255 e. The van der Waals surface area contributed by atoms with Crippen LogP contribution in [0.25, 0.3) is 5.65 Å². The van der Waals surface area contributed by atoms with Gasteiger partial charge in [0.1, 0.15) is 23.7 Å². The van der Waals surface area contributed by atoms with E-state index in [1.807, 2.05) is 26.0 Å². The molecule has 0 saturated carbocycles. The molecule has 9 nitrogen and oxygen atoms in total. The van der Waals surface area contributed by atoms with Crippen LogP contribution in [0.15, 0.2) is 35.1 Å². The molecular weight excluding hydrogens is 456 g/mol. The number of nitriles is 1. The zero-order valence-corrected chi connectivity index (χ0v) is 21.9. The highest BCUT2D eigenvalue weighted by Crippen LogP contribution is 2.39. The minimum Gasteiger partial charge on any atom is -0.486 e. The number of ether oxygens (including phenoxy) is 2. The zero-order valence-electron chi connectivity index (χ0n) is 21.9. The number of rotatable bonds is 4. The van der Waals surface area contributed by atoms with Crippen molar-refractivity contribution in [2.45, 2.75) is 64.8 Å². The van der Waals surface area contributed by atoms with Crippen LogP contribution >= 0.6 is 0 Å². The largest absolute Gasteiger partial charge is 0.486 e. The van der Waals surface area contributed by atoms with Gasteiger partial charge in [-0.25, -0.2) is 4.52 Å². The lowest BCUT2D eigenvalue weighted by Gasteiger charge is -2.47. The summed E-state index contributed by atoms with van der Waals surface area (Å²) in [6.45, 7) is 12.8. The fourth-order valence-electron chi connectivity index (χ4n) is 5.35. The molecule has 4 heterocycles. The van der Waals surface area contributed by atoms with Gasteiger partial charge in [-0.2, -0.15) is 10.4 Å². The SMILES string of the molecule is C[C@@H]1CN(c2cc(=O)n(C)c3cc(CC#N)nn23)[C@@H](C)CN1[C@@H](C)c1ccc2c(c1)OC(C)(C)CO2. The van der Waals surface area contributed by atoms with Crippen LogP contribution in [0.1, 0.15) is 51.9 Å². The van der Waals surface area contributed by atoms with Gasteiger partial charge in [-0.1, -0.05) is 6.07 Å². The highest BCUT2D eigenvalue weighted by Gasteiger charge is 2.35. The average molecular weight is 491 g/mol. The first-order valence-corrected chi connectivity index (χ1v) is 12.5. The van der Waals surface area contributed by atoms with Crippen LogP contribution in [0.2, 0.25) is 0 Å². The van der Waals surface area contributed by atoms with Crippen molar-refractivity contribution in [3.05, 3.63) is 51.9 Å². The van der Waals surface area contributed by atoms with Crippen LogP contribution in [0.3, 0.4) is 0 Å². The first-order valence-electron chi connectivity index (χ1n) is 12.5.